The molecule has 0 unspecified atom stereocenters. The van der Waals surface area contributed by atoms with Crippen LogP contribution in [0.4, 0.5) is 0 Å². The van der Waals surface area contributed by atoms with Crippen LogP contribution >= 0.6 is 0 Å². The number of sulfonamides is 1. The number of carbonyl (C=O) groups excluding carboxylic acids is 1. The predicted molar refractivity (Wildman–Crippen MR) is 114 cm³/mol. The lowest BCUT2D eigenvalue weighted by molar-refractivity contribution is -0.124. The van der Waals surface area contributed by atoms with Crippen molar-refractivity contribution in [2.75, 3.05) is 20.3 Å². The molecular formula is C22H28N2O5S. The Hall–Kier alpha value is -2.58. The lowest BCUT2D eigenvalue weighted by Gasteiger charge is -2.23. The van der Waals surface area contributed by atoms with Gasteiger partial charge in [-0.1, -0.05) is 23.8 Å². The van der Waals surface area contributed by atoms with Gasteiger partial charge in [-0.3, -0.25) is 4.79 Å². The molecule has 1 N–H and O–H groups in total. The van der Waals surface area contributed by atoms with Crippen molar-refractivity contribution < 1.29 is 22.7 Å². The molecule has 1 atom stereocenters. The van der Waals surface area contributed by atoms with E-state index in [0.29, 0.717) is 37.5 Å². The smallest absolute Gasteiger partial charge is 0.243 e. The minimum atomic E-state index is -3.72. The summed E-state index contributed by atoms with van der Waals surface area (Å²) in [7, 11) is -2.16. The monoisotopic (exact) mass is 432 g/mol. The maximum atomic E-state index is 13.0. The molecule has 3 rings (SSSR count). The topological polar surface area (TPSA) is 84.9 Å². The second kappa shape index (κ2) is 9.49. The summed E-state index contributed by atoms with van der Waals surface area (Å²) in [5, 5.41) is 2.86. The van der Waals surface area contributed by atoms with Crippen LogP contribution in [0, 0.1) is 6.92 Å². The minimum Gasteiger partial charge on any atom is -0.493 e. The van der Waals surface area contributed by atoms with Gasteiger partial charge in [0.05, 0.1) is 18.6 Å². The summed E-state index contributed by atoms with van der Waals surface area (Å²) in [5.74, 6) is 0.935. The summed E-state index contributed by atoms with van der Waals surface area (Å²) in [5.41, 5.74) is 1.82. The van der Waals surface area contributed by atoms with Crippen LogP contribution in [0.15, 0.2) is 47.4 Å². The minimum absolute atomic E-state index is 0.212. The Morgan fingerprint density at radius 3 is 2.57 bits per heavy atom. The van der Waals surface area contributed by atoms with Crippen LogP contribution in [0.1, 0.15) is 30.9 Å². The molecule has 0 spiro atoms. The molecule has 1 saturated heterocycles. The third kappa shape index (κ3) is 4.76. The van der Waals surface area contributed by atoms with Crippen molar-refractivity contribution in [3.63, 3.8) is 0 Å². The number of rotatable bonds is 8. The van der Waals surface area contributed by atoms with Gasteiger partial charge < -0.3 is 14.8 Å². The molecule has 162 valence electrons. The molecule has 2 aromatic carbocycles. The number of hydrogen-bond donors (Lipinski definition) is 1. The Labute approximate surface area is 178 Å². The number of ether oxygens (including phenoxy) is 2. The Morgan fingerprint density at radius 2 is 1.90 bits per heavy atom. The van der Waals surface area contributed by atoms with E-state index >= 15 is 0 Å². The van der Waals surface area contributed by atoms with Crippen molar-refractivity contribution in [2.45, 2.75) is 44.2 Å². The van der Waals surface area contributed by atoms with Crippen molar-refractivity contribution >= 4 is 15.9 Å². The average molecular weight is 433 g/mol. The summed E-state index contributed by atoms with van der Waals surface area (Å²) in [6.07, 6.45) is 1.16. The predicted octanol–water partition coefficient (Wildman–Crippen LogP) is 2.87. The highest BCUT2D eigenvalue weighted by Crippen LogP contribution is 2.29. The van der Waals surface area contributed by atoms with Crippen molar-refractivity contribution in [1.29, 1.82) is 0 Å². The van der Waals surface area contributed by atoms with Crippen LogP contribution in [0.5, 0.6) is 11.5 Å². The zero-order valence-electron chi connectivity index (χ0n) is 17.6. The highest BCUT2D eigenvalue weighted by atomic mass is 32.2. The number of aryl methyl sites for hydroxylation is 1. The van der Waals surface area contributed by atoms with E-state index in [1.54, 1.807) is 43.5 Å². The normalized spacial score (nSPS) is 17.0. The van der Waals surface area contributed by atoms with E-state index in [9.17, 15) is 13.2 Å². The van der Waals surface area contributed by atoms with Gasteiger partial charge in [-0.25, -0.2) is 8.42 Å². The molecular weight excluding hydrogens is 404 g/mol. The van der Waals surface area contributed by atoms with E-state index in [4.69, 9.17) is 9.47 Å². The summed E-state index contributed by atoms with van der Waals surface area (Å²) in [6, 6.07) is 11.4. The molecule has 2 aromatic rings. The van der Waals surface area contributed by atoms with Gasteiger partial charge in [0.2, 0.25) is 15.9 Å². The van der Waals surface area contributed by atoms with Crippen LogP contribution < -0.4 is 14.8 Å². The lowest BCUT2D eigenvalue weighted by atomic mass is 10.1. The second-order valence-corrected chi connectivity index (χ2v) is 9.11. The fraction of sp³-hybridized carbons (Fsp3) is 0.409. The molecule has 0 aromatic heterocycles. The molecule has 1 heterocycles. The first kappa shape index (κ1) is 22.1. The van der Waals surface area contributed by atoms with Crippen molar-refractivity contribution in [2.24, 2.45) is 0 Å². The fourth-order valence-electron chi connectivity index (χ4n) is 3.54. The SMILES string of the molecule is CCOc1ccc(CNC(=O)[C@@H]2CCCN2S(=O)(=O)c2ccc(C)cc2)cc1OC. The zero-order valence-corrected chi connectivity index (χ0v) is 18.4. The van der Waals surface area contributed by atoms with Crippen LogP contribution in [-0.2, 0) is 21.4 Å². The number of hydrogen-bond acceptors (Lipinski definition) is 5. The van der Waals surface area contributed by atoms with E-state index in [1.165, 1.54) is 4.31 Å². The summed E-state index contributed by atoms with van der Waals surface area (Å²) in [6.45, 7) is 4.94. The second-order valence-electron chi connectivity index (χ2n) is 7.22. The van der Waals surface area contributed by atoms with Gasteiger partial charge in [0.1, 0.15) is 6.04 Å². The molecule has 1 aliphatic heterocycles. The third-order valence-electron chi connectivity index (χ3n) is 5.13. The fourth-order valence-corrected chi connectivity index (χ4v) is 5.20. The van der Waals surface area contributed by atoms with E-state index < -0.39 is 16.1 Å². The van der Waals surface area contributed by atoms with Crippen LogP contribution in [0.2, 0.25) is 0 Å². The highest BCUT2D eigenvalue weighted by Gasteiger charge is 2.39. The standard InChI is InChI=1S/C22H28N2O5S/c1-4-29-20-12-9-17(14-21(20)28-3)15-23-22(25)19-6-5-13-24(19)30(26,27)18-10-7-16(2)8-11-18/h7-12,14,19H,4-6,13,15H2,1-3H3,(H,23,25)/t19-/m0/s1. The molecule has 0 bridgehead atoms. The molecule has 1 aliphatic rings. The van der Waals surface area contributed by atoms with Gasteiger partial charge in [0.25, 0.3) is 0 Å². The maximum Gasteiger partial charge on any atom is 0.243 e. The first-order chi connectivity index (χ1) is 14.4. The molecule has 1 amide bonds. The quantitative estimate of drug-likeness (QED) is 0.693. The zero-order chi connectivity index (χ0) is 21.7. The van der Waals surface area contributed by atoms with Crippen LogP contribution in [-0.4, -0.2) is 44.9 Å². The number of amides is 1. The van der Waals surface area contributed by atoms with E-state index in [2.05, 4.69) is 5.32 Å². The summed E-state index contributed by atoms with van der Waals surface area (Å²) >= 11 is 0. The molecule has 0 radical (unpaired) electrons. The van der Waals surface area contributed by atoms with Crippen LogP contribution in [0.3, 0.4) is 0 Å². The highest BCUT2D eigenvalue weighted by molar-refractivity contribution is 7.89. The van der Waals surface area contributed by atoms with Crippen molar-refractivity contribution in [3.8, 4) is 11.5 Å². The molecule has 0 saturated carbocycles. The largest absolute Gasteiger partial charge is 0.493 e. The van der Waals surface area contributed by atoms with Gasteiger partial charge in [0.15, 0.2) is 11.5 Å². The van der Waals surface area contributed by atoms with E-state index in [0.717, 1.165) is 11.1 Å². The van der Waals surface area contributed by atoms with Gasteiger partial charge in [-0.15, -0.1) is 0 Å². The number of nitrogens with zero attached hydrogens (tertiary/aromatic N) is 1. The first-order valence-corrected chi connectivity index (χ1v) is 11.5. The maximum absolute atomic E-state index is 13.0. The molecule has 7 nitrogen and oxygen atoms in total. The van der Waals surface area contributed by atoms with Gasteiger partial charge in [0, 0.05) is 13.1 Å². The Morgan fingerprint density at radius 1 is 1.17 bits per heavy atom. The molecule has 30 heavy (non-hydrogen) atoms. The number of carbonyl (C=O) groups is 1. The first-order valence-electron chi connectivity index (χ1n) is 10.0. The number of benzene rings is 2. The summed E-state index contributed by atoms with van der Waals surface area (Å²) < 4.78 is 38.2. The molecule has 0 aliphatic carbocycles. The third-order valence-corrected chi connectivity index (χ3v) is 7.05. The number of nitrogens with one attached hydrogen (secondary N) is 1. The number of methoxy groups -OCH3 is 1. The lowest BCUT2D eigenvalue weighted by Crippen LogP contribution is -2.45. The van der Waals surface area contributed by atoms with Crippen molar-refractivity contribution in [1.82, 2.24) is 9.62 Å². The Balaban J connectivity index is 1.70. The molecule has 1 fully saturated rings. The Bertz CT molecular complexity index is 989. The van der Waals surface area contributed by atoms with Crippen molar-refractivity contribution in [3.05, 3.63) is 53.6 Å². The van der Waals surface area contributed by atoms with Crippen LogP contribution in [0.25, 0.3) is 0 Å². The van der Waals surface area contributed by atoms with Gasteiger partial charge in [-0.05, 0) is 56.5 Å². The van der Waals surface area contributed by atoms with Gasteiger partial charge >= 0.3 is 0 Å². The van der Waals surface area contributed by atoms with Gasteiger partial charge in [-0.2, -0.15) is 4.31 Å². The van der Waals surface area contributed by atoms with E-state index in [1.807, 2.05) is 19.9 Å². The summed E-state index contributed by atoms with van der Waals surface area (Å²) in [4.78, 5) is 13.0. The Kier molecular flexibility index (Phi) is 6.99. The average Bonchev–Trinajstić information content (AvgIpc) is 3.24. The molecule has 8 heteroatoms. The van der Waals surface area contributed by atoms with E-state index in [-0.39, 0.29) is 17.3 Å².